The van der Waals surface area contributed by atoms with Crippen molar-refractivity contribution in [2.45, 2.75) is 25.4 Å². The number of nitrogens with two attached hydrogens (primary N) is 1. The minimum Gasteiger partial charge on any atom is -0.377 e. The topological polar surface area (TPSA) is 35.7 Å². The Kier molecular flexibility index (Phi) is 5.62. The van der Waals surface area contributed by atoms with E-state index in [4.69, 9.17) is 5.73 Å². The zero-order valence-electron chi connectivity index (χ0n) is 14.0. The minimum absolute atomic E-state index is 0.388. The van der Waals surface area contributed by atoms with Gasteiger partial charge in [0.1, 0.15) is 0 Å². The lowest BCUT2D eigenvalue weighted by Gasteiger charge is -2.24. The molecule has 2 N–H and O–H groups in total. The molecule has 1 unspecified atom stereocenters. The molecule has 1 aliphatic heterocycles. The van der Waals surface area contributed by atoms with Crippen molar-refractivity contribution in [2.75, 3.05) is 52.7 Å². The predicted molar refractivity (Wildman–Crippen MR) is 90.8 cm³/mol. The Morgan fingerprint density at radius 3 is 2.57 bits per heavy atom. The molecule has 0 amide bonds. The van der Waals surface area contributed by atoms with Crippen LogP contribution < -0.4 is 10.6 Å². The molecule has 0 aromatic heterocycles. The molecule has 1 aromatic carbocycles. The Labute approximate surface area is 129 Å². The van der Waals surface area contributed by atoms with Gasteiger partial charge in [-0.15, -0.1) is 0 Å². The van der Waals surface area contributed by atoms with Crippen LogP contribution >= 0.6 is 0 Å². The normalized spacial score (nSPS) is 18.3. The van der Waals surface area contributed by atoms with Gasteiger partial charge in [0.2, 0.25) is 0 Å². The minimum atomic E-state index is 0.388. The highest BCUT2D eigenvalue weighted by atomic mass is 15.2. The van der Waals surface area contributed by atoms with E-state index >= 15 is 0 Å². The van der Waals surface area contributed by atoms with Gasteiger partial charge < -0.3 is 15.5 Å². The average molecular weight is 290 g/mol. The fraction of sp³-hybridized carbons (Fsp3) is 0.647. The van der Waals surface area contributed by atoms with Gasteiger partial charge in [-0.25, -0.2) is 0 Å². The Balaban J connectivity index is 2.04. The summed E-state index contributed by atoms with van der Waals surface area (Å²) >= 11 is 0. The molecule has 0 aliphatic carbocycles. The SMILES string of the molecule is CN(C)CCCCN1Cc2c(cccc2N(C)C)C1CN. The van der Waals surface area contributed by atoms with Crippen LogP contribution in [0.3, 0.4) is 0 Å². The van der Waals surface area contributed by atoms with Gasteiger partial charge in [-0.3, -0.25) is 4.90 Å². The van der Waals surface area contributed by atoms with E-state index in [9.17, 15) is 0 Å². The van der Waals surface area contributed by atoms with Gasteiger partial charge in [0.25, 0.3) is 0 Å². The largest absolute Gasteiger partial charge is 0.377 e. The average Bonchev–Trinajstić information content (AvgIpc) is 2.80. The van der Waals surface area contributed by atoms with Gasteiger partial charge in [-0.2, -0.15) is 0 Å². The number of nitrogens with zero attached hydrogens (tertiary/aromatic N) is 3. The Morgan fingerprint density at radius 2 is 1.95 bits per heavy atom. The van der Waals surface area contributed by atoms with Crippen LogP contribution in [-0.2, 0) is 6.54 Å². The summed E-state index contributed by atoms with van der Waals surface area (Å²) < 4.78 is 0. The molecule has 4 heteroatoms. The molecule has 0 saturated carbocycles. The van der Waals surface area contributed by atoms with Crippen LogP contribution in [0.15, 0.2) is 18.2 Å². The first-order chi connectivity index (χ1) is 10.0. The Bertz CT molecular complexity index is 456. The molecule has 118 valence electrons. The van der Waals surface area contributed by atoms with Crippen molar-refractivity contribution in [1.82, 2.24) is 9.80 Å². The van der Waals surface area contributed by atoms with Gasteiger partial charge in [-0.1, -0.05) is 12.1 Å². The van der Waals surface area contributed by atoms with Crippen molar-refractivity contribution >= 4 is 5.69 Å². The van der Waals surface area contributed by atoms with Crippen molar-refractivity contribution in [2.24, 2.45) is 5.73 Å². The summed E-state index contributed by atoms with van der Waals surface area (Å²) in [4.78, 5) is 7.01. The first-order valence-electron chi connectivity index (χ1n) is 7.92. The fourth-order valence-corrected chi connectivity index (χ4v) is 3.26. The number of anilines is 1. The summed E-state index contributed by atoms with van der Waals surface area (Å²) in [6.45, 7) is 4.04. The molecule has 0 saturated heterocycles. The van der Waals surface area contributed by atoms with Crippen LogP contribution in [0, 0.1) is 0 Å². The second-order valence-corrected chi connectivity index (χ2v) is 6.47. The van der Waals surface area contributed by atoms with Gasteiger partial charge in [0, 0.05) is 38.9 Å². The summed E-state index contributed by atoms with van der Waals surface area (Å²) in [5.74, 6) is 0. The lowest BCUT2D eigenvalue weighted by Crippen LogP contribution is -2.29. The van der Waals surface area contributed by atoms with E-state index in [1.807, 2.05) is 0 Å². The van der Waals surface area contributed by atoms with Crippen LogP contribution in [0.1, 0.15) is 30.0 Å². The van der Waals surface area contributed by atoms with Gasteiger partial charge in [0.15, 0.2) is 0 Å². The first kappa shape index (κ1) is 16.3. The second-order valence-electron chi connectivity index (χ2n) is 6.47. The van der Waals surface area contributed by atoms with Crippen molar-refractivity contribution in [3.8, 4) is 0 Å². The van der Waals surface area contributed by atoms with E-state index in [2.05, 4.69) is 61.1 Å². The lowest BCUT2D eigenvalue weighted by atomic mass is 10.0. The predicted octanol–water partition coefficient (Wildman–Crippen LogP) is 1.91. The quantitative estimate of drug-likeness (QED) is 0.778. The molecular weight excluding hydrogens is 260 g/mol. The molecular formula is C17H30N4. The molecule has 2 rings (SSSR count). The molecule has 0 radical (unpaired) electrons. The maximum atomic E-state index is 6.05. The number of rotatable bonds is 7. The smallest absolute Gasteiger partial charge is 0.0478 e. The highest BCUT2D eigenvalue weighted by Gasteiger charge is 2.30. The zero-order chi connectivity index (χ0) is 15.4. The molecule has 1 aromatic rings. The van der Waals surface area contributed by atoms with Crippen LogP contribution in [0.5, 0.6) is 0 Å². The molecule has 21 heavy (non-hydrogen) atoms. The number of unbranched alkanes of at least 4 members (excludes halogenated alkanes) is 1. The number of fused-ring (bicyclic) bond motifs is 1. The van der Waals surface area contributed by atoms with Gasteiger partial charge in [0.05, 0.1) is 0 Å². The van der Waals surface area contributed by atoms with Crippen LogP contribution in [0.4, 0.5) is 5.69 Å². The lowest BCUT2D eigenvalue weighted by molar-refractivity contribution is 0.212. The Morgan fingerprint density at radius 1 is 1.19 bits per heavy atom. The molecule has 0 bridgehead atoms. The van der Waals surface area contributed by atoms with Crippen molar-refractivity contribution in [3.63, 3.8) is 0 Å². The molecule has 0 spiro atoms. The highest BCUT2D eigenvalue weighted by molar-refractivity contribution is 5.58. The van der Waals surface area contributed by atoms with E-state index in [1.54, 1.807) is 0 Å². The van der Waals surface area contributed by atoms with Crippen LogP contribution in [0.25, 0.3) is 0 Å². The third-order valence-electron chi connectivity index (χ3n) is 4.35. The van der Waals surface area contributed by atoms with Crippen LogP contribution in [-0.4, -0.2) is 57.6 Å². The summed E-state index contributed by atoms with van der Waals surface area (Å²) in [6.07, 6.45) is 2.48. The van der Waals surface area contributed by atoms with E-state index in [1.165, 1.54) is 29.7 Å². The number of benzene rings is 1. The van der Waals surface area contributed by atoms with E-state index in [0.29, 0.717) is 12.6 Å². The van der Waals surface area contributed by atoms with Gasteiger partial charge in [-0.05, 0) is 57.2 Å². The second kappa shape index (κ2) is 7.25. The maximum Gasteiger partial charge on any atom is 0.0478 e. The third kappa shape index (κ3) is 3.76. The summed E-state index contributed by atoms with van der Waals surface area (Å²) in [5, 5.41) is 0. The third-order valence-corrected chi connectivity index (χ3v) is 4.35. The van der Waals surface area contributed by atoms with Crippen LogP contribution in [0.2, 0.25) is 0 Å². The maximum absolute atomic E-state index is 6.05. The number of hydrogen-bond acceptors (Lipinski definition) is 4. The first-order valence-corrected chi connectivity index (χ1v) is 7.92. The van der Waals surface area contributed by atoms with Crippen molar-refractivity contribution in [1.29, 1.82) is 0 Å². The molecule has 4 nitrogen and oxygen atoms in total. The van der Waals surface area contributed by atoms with Gasteiger partial charge >= 0.3 is 0 Å². The Hall–Kier alpha value is -1.10. The standard InChI is InChI=1S/C17H30N4/c1-19(2)10-5-6-11-21-13-15-14(17(21)12-18)8-7-9-16(15)20(3)4/h7-9,17H,5-6,10-13,18H2,1-4H3. The zero-order valence-corrected chi connectivity index (χ0v) is 14.0. The summed E-state index contributed by atoms with van der Waals surface area (Å²) in [7, 11) is 8.51. The summed E-state index contributed by atoms with van der Waals surface area (Å²) in [5.41, 5.74) is 10.3. The number of hydrogen-bond donors (Lipinski definition) is 1. The van der Waals surface area contributed by atoms with Crippen molar-refractivity contribution < 1.29 is 0 Å². The molecule has 1 atom stereocenters. The fourth-order valence-electron chi connectivity index (χ4n) is 3.26. The van der Waals surface area contributed by atoms with E-state index < -0.39 is 0 Å². The molecule has 0 fully saturated rings. The summed E-state index contributed by atoms with van der Waals surface area (Å²) in [6, 6.07) is 7.01. The molecule has 1 heterocycles. The van der Waals surface area contributed by atoms with Crippen molar-refractivity contribution in [3.05, 3.63) is 29.3 Å². The van der Waals surface area contributed by atoms with E-state index in [-0.39, 0.29) is 0 Å². The monoisotopic (exact) mass is 290 g/mol. The molecule has 1 aliphatic rings. The highest BCUT2D eigenvalue weighted by Crippen LogP contribution is 2.38. The van der Waals surface area contributed by atoms with E-state index in [0.717, 1.165) is 19.6 Å².